The fourth-order valence-corrected chi connectivity index (χ4v) is 3.44. The fourth-order valence-electron chi connectivity index (χ4n) is 3.44. The van der Waals surface area contributed by atoms with Crippen molar-refractivity contribution in [3.8, 4) is 5.69 Å². The zero-order valence-corrected chi connectivity index (χ0v) is 16.3. The van der Waals surface area contributed by atoms with Crippen LogP contribution in [-0.2, 0) is 4.74 Å². The van der Waals surface area contributed by atoms with Crippen LogP contribution in [0.1, 0.15) is 43.2 Å². The first kappa shape index (κ1) is 19.4. The minimum absolute atomic E-state index is 0.0738. The number of fused-ring (bicyclic) bond motifs is 1. The van der Waals surface area contributed by atoms with Gasteiger partial charge in [-0.15, -0.1) is 0 Å². The lowest BCUT2D eigenvalue weighted by molar-refractivity contribution is 0.0482. The number of aromatic nitrogens is 2. The summed E-state index contributed by atoms with van der Waals surface area (Å²) in [5.41, 5.74) is 2.29. The number of hydrogen-bond donors (Lipinski definition) is 1. The summed E-state index contributed by atoms with van der Waals surface area (Å²) in [5, 5.41) is 0. The van der Waals surface area contributed by atoms with Gasteiger partial charge in [0.15, 0.2) is 0 Å². The van der Waals surface area contributed by atoms with Crippen LogP contribution in [0.25, 0.3) is 5.69 Å². The Bertz CT molecular complexity index is 1150. The Morgan fingerprint density at radius 2 is 1.60 bits per heavy atom. The maximum atomic E-state index is 12.3. The van der Waals surface area contributed by atoms with E-state index < -0.39 is 5.97 Å². The molecule has 4 rings (SSSR count). The van der Waals surface area contributed by atoms with Crippen LogP contribution in [0, 0.1) is 6.92 Å². The smallest absolute Gasteiger partial charge is 0.338 e. The second-order valence-electron chi connectivity index (χ2n) is 6.91. The lowest BCUT2D eigenvalue weighted by Gasteiger charge is -2.13. The molecule has 0 saturated heterocycles. The molecule has 1 aromatic heterocycles. The number of hydrogen-bond acceptors (Lipinski definition) is 5. The van der Waals surface area contributed by atoms with Gasteiger partial charge in [-0.3, -0.25) is 19.1 Å². The van der Waals surface area contributed by atoms with Gasteiger partial charge in [-0.2, -0.15) is 0 Å². The van der Waals surface area contributed by atoms with Crippen molar-refractivity contribution >= 4 is 17.8 Å². The van der Waals surface area contributed by atoms with E-state index in [1.807, 2.05) is 0 Å². The number of imide groups is 1. The van der Waals surface area contributed by atoms with Crippen molar-refractivity contribution < 1.29 is 19.1 Å². The molecular weight excluding hydrogens is 386 g/mol. The standard InChI is InChI=1S/C22H19N3O5/c1-14-13-23-22(29)25(14)16-9-7-15(8-10-16)21(28)30-12-4-11-24-19(26)17-5-2-3-6-18(17)20(24)27/h2-3,5-10,13H,4,11-12H2,1H3,(H,23,29). The monoisotopic (exact) mass is 405 g/mol. The number of nitrogens with zero attached hydrogens (tertiary/aromatic N) is 2. The van der Waals surface area contributed by atoms with Crippen LogP contribution in [0.4, 0.5) is 0 Å². The molecule has 0 fully saturated rings. The summed E-state index contributed by atoms with van der Waals surface area (Å²) in [6, 6.07) is 13.2. The van der Waals surface area contributed by atoms with Crippen molar-refractivity contribution in [3.05, 3.63) is 87.6 Å². The highest BCUT2D eigenvalue weighted by atomic mass is 16.5. The first-order valence-corrected chi connectivity index (χ1v) is 9.47. The molecule has 152 valence electrons. The van der Waals surface area contributed by atoms with E-state index in [1.165, 1.54) is 9.47 Å². The Hall–Kier alpha value is -3.94. The minimum atomic E-state index is -0.512. The lowest BCUT2D eigenvalue weighted by Crippen LogP contribution is -2.31. The SMILES string of the molecule is Cc1c[nH]c(=O)n1-c1ccc(C(=O)OCCCN2C(=O)c3ccccc3C2=O)cc1. The van der Waals surface area contributed by atoms with E-state index in [2.05, 4.69) is 4.98 Å². The van der Waals surface area contributed by atoms with Crippen molar-refractivity contribution in [3.63, 3.8) is 0 Å². The third-order valence-electron chi connectivity index (χ3n) is 4.96. The highest BCUT2D eigenvalue weighted by Gasteiger charge is 2.34. The molecule has 1 N–H and O–H groups in total. The van der Waals surface area contributed by atoms with Gasteiger partial charge in [-0.25, -0.2) is 9.59 Å². The van der Waals surface area contributed by atoms with Crippen molar-refractivity contribution in [1.29, 1.82) is 0 Å². The normalized spacial score (nSPS) is 12.9. The van der Waals surface area contributed by atoms with Gasteiger partial charge in [-0.1, -0.05) is 12.1 Å². The van der Waals surface area contributed by atoms with Crippen LogP contribution in [0.15, 0.2) is 59.5 Å². The maximum Gasteiger partial charge on any atom is 0.338 e. The van der Waals surface area contributed by atoms with Gasteiger partial charge in [0.2, 0.25) is 0 Å². The van der Waals surface area contributed by atoms with Crippen LogP contribution in [0.2, 0.25) is 0 Å². The van der Waals surface area contributed by atoms with E-state index in [-0.39, 0.29) is 30.7 Å². The number of benzene rings is 2. The van der Waals surface area contributed by atoms with Gasteiger partial charge >= 0.3 is 11.7 Å². The largest absolute Gasteiger partial charge is 0.462 e. The lowest BCUT2D eigenvalue weighted by atomic mass is 10.1. The average Bonchev–Trinajstić information content (AvgIpc) is 3.22. The Labute approximate surface area is 171 Å². The molecule has 2 amide bonds. The number of aryl methyl sites for hydroxylation is 1. The van der Waals surface area contributed by atoms with E-state index in [9.17, 15) is 19.2 Å². The number of carbonyl (C=O) groups excluding carboxylic acids is 3. The van der Waals surface area contributed by atoms with Crippen molar-refractivity contribution in [2.24, 2.45) is 0 Å². The first-order valence-electron chi connectivity index (χ1n) is 9.47. The number of esters is 1. The number of aromatic amines is 1. The molecule has 8 heteroatoms. The van der Waals surface area contributed by atoms with Crippen molar-refractivity contribution in [1.82, 2.24) is 14.5 Å². The summed E-state index contributed by atoms with van der Waals surface area (Å²) < 4.78 is 6.75. The summed E-state index contributed by atoms with van der Waals surface area (Å²) in [6.07, 6.45) is 1.95. The Kier molecular flexibility index (Phi) is 5.05. The molecule has 0 bridgehead atoms. The van der Waals surface area contributed by atoms with Crippen LogP contribution in [0.5, 0.6) is 0 Å². The second kappa shape index (κ2) is 7.82. The summed E-state index contributed by atoms with van der Waals surface area (Å²) in [5.74, 6) is -1.16. The Balaban J connectivity index is 1.31. The summed E-state index contributed by atoms with van der Waals surface area (Å²) >= 11 is 0. The Morgan fingerprint density at radius 3 is 2.17 bits per heavy atom. The molecule has 8 nitrogen and oxygen atoms in total. The molecule has 30 heavy (non-hydrogen) atoms. The number of rotatable bonds is 6. The van der Waals surface area contributed by atoms with E-state index in [1.54, 1.807) is 61.7 Å². The highest BCUT2D eigenvalue weighted by molar-refractivity contribution is 6.21. The number of nitrogens with one attached hydrogen (secondary N) is 1. The molecule has 0 aliphatic carbocycles. The van der Waals surface area contributed by atoms with Gasteiger partial charge < -0.3 is 9.72 Å². The van der Waals surface area contributed by atoms with Gasteiger partial charge in [0.05, 0.1) is 29.0 Å². The summed E-state index contributed by atoms with van der Waals surface area (Å²) in [7, 11) is 0. The van der Waals surface area contributed by atoms with Gasteiger partial charge in [0, 0.05) is 18.4 Å². The molecule has 0 atom stereocenters. The molecule has 2 aromatic carbocycles. The van der Waals surface area contributed by atoms with Gasteiger partial charge in [-0.05, 0) is 49.7 Å². The quantitative estimate of drug-likeness (QED) is 0.385. The molecular formula is C22H19N3O5. The number of imidazole rings is 1. The van der Waals surface area contributed by atoms with Crippen LogP contribution >= 0.6 is 0 Å². The summed E-state index contributed by atoms with van der Waals surface area (Å²) in [4.78, 5) is 52.4. The third kappa shape index (κ3) is 3.43. The zero-order chi connectivity index (χ0) is 21.3. The van der Waals surface area contributed by atoms with E-state index >= 15 is 0 Å². The number of carbonyl (C=O) groups is 3. The van der Waals surface area contributed by atoms with Crippen LogP contribution in [-0.4, -0.2) is 45.4 Å². The fraction of sp³-hybridized carbons (Fsp3) is 0.182. The first-order chi connectivity index (χ1) is 14.5. The van der Waals surface area contributed by atoms with Crippen molar-refractivity contribution in [2.75, 3.05) is 13.2 Å². The molecule has 0 radical (unpaired) electrons. The maximum absolute atomic E-state index is 12.3. The van der Waals surface area contributed by atoms with E-state index in [0.717, 1.165) is 5.69 Å². The molecule has 0 saturated carbocycles. The third-order valence-corrected chi connectivity index (χ3v) is 4.96. The van der Waals surface area contributed by atoms with Crippen LogP contribution in [0.3, 0.4) is 0 Å². The Morgan fingerprint density at radius 1 is 0.967 bits per heavy atom. The topological polar surface area (TPSA) is 101 Å². The molecule has 1 aliphatic heterocycles. The molecule has 0 unspecified atom stereocenters. The van der Waals surface area contributed by atoms with Crippen molar-refractivity contribution in [2.45, 2.75) is 13.3 Å². The molecule has 1 aliphatic rings. The van der Waals surface area contributed by atoms with Crippen LogP contribution < -0.4 is 5.69 Å². The summed E-state index contributed by atoms with van der Waals surface area (Å²) in [6.45, 7) is 2.05. The zero-order valence-electron chi connectivity index (χ0n) is 16.3. The number of H-pyrrole nitrogens is 1. The second-order valence-corrected chi connectivity index (χ2v) is 6.91. The molecule has 2 heterocycles. The predicted molar refractivity (Wildman–Crippen MR) is 108 cm³/mol. The van der Waals surface area contributed by atoms with Gasteiger partial charge in [0.25, 0.3) is 11.8 Å². The minimum Gasteiger partial charge on any atom is -0.462 e. The van der Waals surface area contributed by atoms with E-state index in [4.69, 9.17) is 4.74 Å². The molecule has 0 spiro atoms. The van der Waals surface area contributed by atoms with Gasteiger partial charge in [0.1, 0.15) is 0 Å². The van der Waals surface area contributed by atoms with E-state index in [0.29, 0.717) is 28.8 Å². The molecule has 3 aromatic rings. The average molecular weight is 405 g/mol. The highest BCUT2D eigenvalue weighted by Crippen LogP contribution is 2.22. The number of amides is 2. The predicted octanol–water partition coefficient (Wildman–Crippen LogP) is 2.32. The number of ether oxygens (including phenoxy) is 1.